The van der Waals surface area contributed by atoms with Gasteiger partial charge in [-0.2, -0.15) is 0 Å². The second kappa shape index (κ2) is 6.18. The summed E-state index contributed by atoms with van der Waals surface area (Å²) in [5.74, 6) is 0. The number of thiophene rings is 1. The molecule has 0 aromatic carbocycles. The van der Waals surface area contributed by atoms with Crippen LogP contribution in [0.25, 0.3) is 0 Å². The fraction of sp³-hybridized carbons (Fsp3) is 0.733. The van der Waals surface area contributed by atoms with E-state index in [4.69, 9.17) is 0 Å². The van der Waals surface area contributed by atoms with Crippen LogP contribution in [0.1, 0.15) is 38.5 Å². The van der Waals surface area contributed by atoms with Crippen LogP contribution in [0.5, 0.6) is 0 Å². The highest BCUT2D eigenvalue weighted by atomic mass is 32.1. The zero-order chi connectivity index (χ0) is 13.0. The number of nitrogens with one attached hydrogen (secondary N) is 1. The van der Waals surface area contributed by atoms with Crippen molar-refractivity contribution in [1.29, 1.82) is 0 Å². The molecule has 0 radical (unpaired) electrons. The van der Waals surface area contributed by atoms with Gasteiger partial charge in [-0.25, -0.2) is 0 Å². The molecule has 2 heterocycles. The molecule has 1 saturated heterocycles. The number of nitrogens with zero attached hydrogens (tertiary/aromatic N) is 1. The molecule has 102 valence electrons. The normalized spacial score (nSPS) is 19.3. The summed E-state index contributed by atoms with van der Waals surface area (Å²) < 4.78 is 0. The molecule has 2 nitrogen and oxygen atoms in total. The van der Waals surface area contributed by atoms with E-state index in [1.807, 2.05) is 11.3 Å². The van der Waals surface area contributed by atoms with E-state index in [1.165, 1.54) is 30.8 Å². The first-order valence-corrected chi connectivity index (χ1v) is 8.03. The van der Waals surface area contributed by atoms with Crippen LogP contribution in [-0.2, 0) is 6.42 Å². The highest BCUT2D eigenvalue weighted by molar-refractivity contribution is 7.09. The molecule has 0 bridgehead atoms. The molecular weight excluding hydrogens is 240 g/mol. The van der Waals surface area contributed by atoms with E-state index >= 15 is 0 Å². The summed E-state index contributed by atoms with van der Waals surface area (Å²) in [7, 11) is 0. The minimum atomic E-state index is 0.247. The van der Waals surface area contributed by atoms with Crippen LogP contribution in [0.15, 0.2) is 17.5 Å². The molecule has 1 fully saturated rings. The predicted molar refractivity (Wildman–Crippen MR) is 80.4 cm³/mol. The number of rotatable bonds is 6. The number of likely N-dealkylation sites (N-methyl/N-ethyl adjacent to an activating group) is 1. The predicted octanol–water partition coefficient (Wildman–Crippen LogP) is 3.14. The van der Waals surface area contributed by atoms with Gasteiger partial charge in [-0.1, -0.05) is 13.0 Å². The van der Waals surface area contributed by atoms with Gasteiger partial charge in [-0.05, 0) is 64.2 Å². The second-order valence-corrected chi connectivity index (χ2v) is 6.77. The summed E-state index contributed by atoms with van der Waals surface area (Å²) in [5.41, 5.74) is 0.247. The Hall–Kier alpha value is -0.380. The lowest BCUT2D eigenvalue weighted by atomic mass is 9.89. The summed E-state index contributed by atoms with van der Waals surface area (Å²) in [6.07, 6.45) is 3.87. The molecule has 1 unspecified atom stereocenters. The van der Waals surface area contributed by atoms with Crippen molar-refractivity contribution in [3.63, 3.8) is 0 Å². The SMILES string of the molecule is CCNC(Cc1cccs1)C(C)(C)N1CCCC1. The number of hydrogen-bond acceptors (Lipinski definition) is 3. The second-order valence-electron chi connectivity index (χ2n) is 5.74. The molecule has 0 saturated carbocycles. The minimum absolute atomic E-state index is 0.247. The van der Waals surface area contributed by atoms with Crippen LogP contribution < -0.4 is 5.32 Å². The average Bonchev–Trinajstić information content (AvgIpc) is 3.01. The van der Waals surface area contributed by atoms with Crippen molar-refractivity contribution in [2.45, 2.75) is 51.6 Å². The molecule has 1 aliphatic heterocycles. The van der Waals surface area contributed by atoms with Crippen molar-refractivity contribution in [2.75, 3.05) is 19.6 Å². The van der Waals surface area contributed by atoms with E-state index in [-0.39, 0.29) is 5.54 Å². The zero-order valence-corrected chi connectivity index (χ0v) is 12.7. The first kappa shape index (κ1) is 14.0. The lowest BCUT2D eigenvalue weighted by Crippen LogP contribution is -2.57. The van der Waals surface area contributed by atoms with Crippen LogP contribution in [0.4, 0.5) is 0 Å². The lowest BCUT2D eigenvalue weighted by molar-refractivity contribution is 0.107. The van der Waals surface area contributed by atoms with E-state index < -0.39 is 0 Å². The van der Waals surface area contributed by atoms with Crippen molar-refractivity contribution in [3.05, 3.63) is 22.4 Å². The Morgan fingerprint density at radius 1 is 1.39 bits per heavy atom. The van der Waals surface area contributed by atoms with Gasteiger partial charge in [-0.15, -0.1) is 11.3 Å². The Labute approximate surface area is 115 Å². The minimum Gasteiger partial charge on any atom is -0.312 e. The molecule has 1 atom stereocenters. The standard InChI is InChI=1S/C15H26N2S/c1-4-16-14(12-13-8-7-11-18-13)15(2,3)17-9-5-6-10-17/h7-8,11,14,16H,4-6,9-10,12H2,1-3H3. The van der Waals surface area contributed by atoms with Gasteiger partial charge in [0.1, 0.15) is 0 Å². The molecule has 2 rings (SSSR count). The fourth-order valence-electron chi connectivity index (χ4n) is 2.96. The van der Waals surface area contributed by atoms with Crippen molar-refractivity contribution in [3.8, 4) is 0 Å². The van der Waals surface area contributed by atoms with E-state index in [0.29, 0.717) is 6.04 Å². The van der Waals surface area contributed by atoms with Crippen LogP contribution in [-0.4, -0.2) is 36.1 Å². The maximum absolute atomic E-state index is 3.70. The molecule has 0 amide bonds. The van der Waals surface area contributed by atoms with E-state index in [0.717, 1.165) is 13.0 Å². The number of hydrogen-bond donors (Lipinski definition) is 1. The Morgan fingerprint density at radius 2 is 2.11 bits per heavy atom. The van der Waals surface area contributed by atoms with Crippen molar-refractivity contribution in [1.82, 2.24) is 10.2 Å². The highest BCUT2D eigenvalue weighted by Crippen LogP contribution is 2.27. The average molecular weight is 266 g/mol. The van der Waals surface area contributed by atoms with Gasteiger partial charge in [0.25, 0.3) is 0 Å². The summed E-state index contributed by atoms with van der Waals surface area (Å²) in [4.78, 5) is 4.15. The Kier molecular flexibility index (Phi) is 4.82. The van der Waals surface area contributed by atoms with Crippen LogP contribution >= 0.6 is 11.3 Å². The molecule has 18 heavy (non-hydrogen) atoms. The van der Waals surface area contributed by atoms with Gasteiger partial charge in [0.15, 0.2) is 0 Å². The summed E-state index contributed by atoms with van der Waals surface area (Å²) >= 11 is 1.88. The van der Waals surface area contributed by atoms with Crippen LogP contribution in [0.3, 0.4) is 0 Å². The Balaban J connectivity index is 2.07. The van der Waals surface area contributed by atoms with E-state index in [2.05, 4.69) is 48.5 Å². The summed E-state index contributed by atoms with van der Waals surface area (Å²) in [5, 5.41) is 5.88. The summed E-state index contributed by atoms with van der Waals surface area (Å²) in [6, 6.07) is 4.96. The van der Waals surface area contributed by atoms with Crippen molar-refractivity contribution < 1.29 is 0 Å². The maximum Gasteiger partial charge on any atom is 0.0309 e. The molecule has 0 spiro atoms. The number of likely N-dealkylation sites (tertiary alicyclic amines) is 1. The third-order valence-electron chi connectivity index (χ3n) is 4.21. The lowest BCUT2D eigenvalue weighted by Gasteiger charge is -2.42. The molecular formula is C15H26N2S. The molecule has 3 heteroatoms. The van der Waals surface area contributed by atoms with Gasteiger partial charge >= 0.3 is 0 Å². The maximum atomic E-state index is 3.70. The molecule has 1 N–H and O–H groups in total. The first-order chi connectivity index (χ1) is 8.64. The highest BCUT2D eigenvalue weighted by Gasteiger charge is 2.36. The van der Waals surface area contributed by atoms with Crippen LogP contribution in [0, 0.1) is 0 Å². The molecule has 1 aromatic heterocycles. The zero-order valence-electron chi connectivity index (χ0n) is 11.9. The van der Waals surface area contributed by atoms with Gasteiger partial charge in [0, 0.05) is 16.5 Å². The van der Waals surface area contributed by atoms with Gasteiger partial charge < -0.3 is 5.32 Å². The quantitative estimate of drug-likeness (QED) is 0.851. The van der Waals surface area contributed by atoms with Gasteiger partial charge in [0.2, 0.25) is 0 Å². The topological polar surface area (TPSA) is 15.3 Å². The molecule has 1 aliphatic rings. The third kappa shape index (κ3) is 3.14. The summed E-state index contributed by atoms with van der Waals surface area (Å²) in [6.45, 7) is 10.6. The molecule has 0 aliphatic carbocycles. The molecule has 1 aromatic rings. The van der Waals surface area contributed by atoms with Crippen molar-refractivity contribution in [2.24, 2.45) is 0 Å². The van der Waals surface area contributed by atoms with E-state index in [1.54, 1.807) is 0 Å². The monoisotopic (exact) mass is 266 g/mol. The van der Waals surface area contributed by atoms with Gasteiger partial charge in [-0.3, -0.25) is 4.90 Å². The van der Waals surface area contributed by atoms with E-state index in [9.17, 15) is 0 Å². The van der Waals surface area contributed by atoms with Crippen molar-refractivity contribution >= 4 is 11.3 Å². The smallest absolute Gasteiger partial charge is 0.0309 e. The Bertz CT molecular complexity index is 339. The fourth-order valence-corrected chi connectivity index (χ4v) is 3.71. The first-order valence-electron chi connectivity index (χ1n) is 7.15. The Morgan fingerprint density at radius 3 is 2.67 bits per heavy atom. The van der Waals surface area contributed by atoms with Crippen LogP contribution in [0.2, 0.25) is 0 Å². The largest absolute Gasteiger partial charge is 0.312 e. The van der Waals surface area contributed by atoms with Gasteiger partial charge in [0.05, 0.1) is 0 Å². The third-order valence-corrected chi connectivity index (χ3v) is 5.11.